The van der Waals surface area contributed by atoms with Gasteiger partial charge in [-0.1, -0.05) is 39.0 Å². The Labute approximate surface area is 204 Å². The lowest BCUT2D eigenvalue weighted by Gasteiger charge is -2.40. The number of aliphatic hydroxyl groups excluding tert-OH is 2. The largest absolute Gasteiger partial charge is 0.408 e. The first-order chi connectivity index (χ1) is 16.4. The molecule has 188 valence electrons. The quantitative estimate of drug-likeness (QED) is 0.379. The first-order valence-electron chi connectivity index (χ1n) is 11.4. The molecule has 1 aromatic carbocycles. The molecule has 4 rings (SSSR count). The summed E-state index contributed by atoms with van der Waals surface area (Å²) in [5, 5.41) is 38.5. The highest BCUT2D eigenvalue weighted by atomic mass is 28.4. The number of ether oxygens (including phenoxy) is 1. The second kappa shape index (κ2) is 9.08. The fourth-order valence-electron chi connectivity index (χ4n) is 3.82. The Balaban J connectivity index is 1.71. The SMILES string of the molecule is CC(C)(C)[Si](C)(C)O[C@H]1[C@H](c2ccc3c(NC(=O)c4ccccc4)ncnn23)OC(O)(CO)[C@H]1O. The van der Waals surface area contributed by atoms with Gasteiger partial charge in [-0.3, -0.25) is 4.79 Å². The summed E-state index contributed by atoms with van der Waals surface area (Å²) in [5.41, 5.74) is 1.45. The number of rotatable bonds is 6. The molecule has 0 radical (unpaired) electrons. The Kier molecular flexibility index (Phi) is 6.60. The topological polar surface area (TPSA) is 138 Å². The van der Waals surface area contributed by atoms with Gasteiger partial charge >= 0.3 is 0 Å². The molecule has 4 N–H and O–H groups in total. The summed E-state index contributed by atoms with van der Waals surface area (Å²) < 4.78 is 13.8. The molecule has 0 bridgehead atoms. The number of hydrogen-bond acceptors (Lipinski definition) is 8. The van der Waals surface area contributed by atoms with E-state index in [0.717, 1.165) is 0 Å². The molecule has 1 saturated heterocycles. The number of amides is 1. The third-order valence-corrected chi connectivity index (χ3v) is 11.4. The smallest absolute Gasteiger partial charge is 0.256 e. The maximum Gasteiger partial charge on any atom is 0.256 e. The van der Waals surface area contributed by atoms with Crippen LogP contribution in [0.25, 0.3) is 5.52 Å². The number of hydrogen-bond donors (Lipinski definition) is 4. The van der Waals surface area contributed by atoms with Gasteiger partial charge in [0, 0.05) is 5.56 Å². The number of carbonyl (C=O) groups is 1. The van der Waals surface area contributed by atoms with Gasteiger partial charge in [-0.25, -0.2) is 9.50 Å². The Hall–Kier alpha value is -2.67. The van der Waals surface area contributed by atoms with Crippen LogP contribution in [0.15, 0.2) is 48.8 Å². The van der Waals surface area contributed by atoms with Crippen molar-refractivity contribution in [2.45, 2.75) is 63.0 Å². The fourth-order valence-corrected chi connectivity index (χ4v) is 5.10. The first kappa shape index (κ1) is 25.4. The van der Waals surface area contributed by atoms with Gasteiger partial charge < -0.3 is 29.8 Å². The molecule has 4 atom stereocenters. The van der Waals surface area contributed by atoms with E-state index in [1.165, 1.54) is 10.8 Å². The molecule has 1 unspecified atom stereocenters. The zero-order chi connectivity index (χ0) is 25.6. The van der Waals surface area contributed by atoms with Crippen molar-refractivity contribution in [3.05, 3.63) is 60.0 Å². The minimum Gasteiger partial charge on any atom is -0.408 e. The van der Waals surface area contributed by atoms with Crippen LogP contribution in [-0.4, -0.2) is 68.7 Å². The number of aliphatic hydroxyl groups is 3. The maximum atomic E-state index is 12.7. The third-order valence-electron chi connectivity index (χ3n) is 6.91. The number of aromatic nitrogens is 3. The van der Waals surface area contributed by atoms with Crippen molar-refractivity contribution in [2.24, 2.45) is 0 Å². The van der Waals surface area contributed by atoms with Crippen molar-refractivity contribution in [1.29, 1.82) is 0 Å². The van der Waals surface area contributed by atoms with Gasteiger partial charge in [-0.15, -0.1) is 0 Å². The van der Waals surface area contributed by atoms with Crippen LogP contribution in [0.4, 0.5) is 5.82 Å². The zero-order valence-electron chi connectivity index (χ0n) is 20.5. The monoisotopic (exact) mass is 500 g/mol. The van der Waals surface area contributed by atoms with Gasteiger partial charge in [0.25, 0.3) is 5.91 Å². The number of nitrogens with zero attached hydrogens (tertiary/aromatic N) is 3. The molecule has 3 heterocycles. The molecule has 35 heavy (non-hydrogen) atoms. The minimum atomic E-state index is -2.41. The zero-order valence-corrected chi connectivity index (χ0v) is 21.5. The van der Waals surface area contributed by atoms with Crippen LogP contribution in [0.2, 0.25) is 18.1 Å². The first-order valence-corrected chi connectivity index (χ1v) is 14.3. The van der Waals surface area contributed by atoms with E-state index in [-0.39, 0.29) is 16.8 Å². The predicted molar refractivity (Wildman–Crippen MR) is 131 cm³/mol. The lowest BCUT2D eigenvalue weighted by atomic mass is 10.0. The van der Waals surface area contributed by atoms with Gasteiger partial charge in [0.05, 0.1) is 12.3 Å². The Bertz CT molecular complexity index is 1210. The Morgan fingerprint density at radius 1 is 1.23 bits per heavy atom. The van der Waals surface area contributed by atoms with Crippen molar-refractivity contribution in [3.63, 3.8) is 0 Å². The number of carbonyl (C=O) groups excluding carboxylic acids is 1. The molecule has 2 aromatic heterocycles. The summed E-state index contributed by atoms with van der Waals surface area (Å²) in [6, 6.07) is 12.2. The summed E-state index contributed by atoms with van der Waals surface area (Å²) >= 11 is 0. The number of anilines is 1. The molecule has 1 aliphatic rings. The molecule has 3 aromatic rings. The van der Waals surface area contributed by atoms with Gasteiger partial charge in [0.1, 0.15) is 30.2 Å². The van der Waals surface area contributed by atoms with E-state index < -0.39 is 39.0 Å². The van der Waals surface area contributed by atoms with E-state index in [0.29, 0.717) is 16.8 Å². The maximum absolute atomic E-state index is 12.7. The van der Waals surface area contributed by atoms with E-state index >= 15 is 0 Å². The number of benzene rings is 1. The molecule has 1 fully saturated rings. The molecule has 1 aliphatic heterocycles. The lowest BCUT2D eigenvalue weighted by molar-refractivity contribution is -0.247. The Morgan fingerprint density at radius 2 is 1.91 bits per heavy atom. The normalized spacial score (nSPS) is 25.2. The highest BCUT2D eigenvalue weighted by Gasteiger charge is 2.57. The average molecular weight is 501 g/mol. The van der Waals surface area contributed by atoms with E-state index in [4.69, 9.17) is 9.16 Å². The van der Waals surface area contributed by atoms with Crippen molar-refractivity contribution in [1.82, 2.24) is 14.6 Å². The van der Waals surface area contributed by atoms with E-state index in [1.807, 2.05) is 19.2 Å². The molecule has 0 saturated carbocycles. The summed E-state index contributed by atoms with van der Waals surface area (Å²) in [6.45, 7) is 9.45. The second-order valence-electron chi connectivity index (χ2n) is 10.3. The second-order valence-corrected chi connectivity index (χ2v) is 15.1. The van der Waals surface area contributed by atoms with Gasteiger partial charge in [-0.05, 0) is 42.4 Å². The van der Waals surface area contributed by atoms with Crippen LogP contribution < -0.4 is 5.32 Å². The van der Waals surface area contributed by atoms with Crippen molar-refractivity contribution in [3.8, 4) is 0 Å². The van der Waals surface area contributed by atoms with E-state index in [9.17, 15) is 20.1 Å². The average Bonchev–Trinajstić information content (AvgIpc) is 3.34. The highest BCUT2D eigenvalue weighted by molar-refractivity contribution is 6.74. The minimum absolute atomic E-state index is 0.171. The standard InChI is InChI=1S/C24H32N4O6Si/c1-23(2,3)35(4,5)34-19-18(33-24(32,13-29)20(19)30)16-11-12-17-21(25-14-26-28(16)17)27-22(31)15-9-7-6-8-10-15/h6-12,14,18-20,29-30,32H,13H2,1-5H3,(H,25,26,27,31)/t18-,19-,20-,24?/m0/s1. The summed E-state index contributed by atoms with van der Waals surface area (Å²) in [6.07, 6.45) is -2.09. The molecule has 1 amide bonds. The molecule has 0 spiro atoms. The fraction of sp³-hybridized carbons (Fsp3) is 0.458. The molecule has 0 aliphatic carbocycles. The van der Waals surface area contributed by atoms with Crippen LogP contribution >= 0.6 is 0 Å². The Morgan fingerprint density at radius 3 is 2.54 bits per heavy atom. The lowest BCUT2D eigenvalue weighted by Crippen LogP contribution is -2.51. The van der Waals surface area contributed by atoms with Gasteiger partial charge in [0.2, 0.25) is 5.79 Å². The van der Waals surface area contributed by atoms with Crippen molar-refractivity contribution >= 4 is 25.6 Å². The summed E-state index contributed by atoms with van der Waals surface area (Å²) in [5.74, 6) is -2.23. The van der Waals surface area contributed by atoms with Crippen molar-refractivity contribution in [2.75, 3.05) is 11.9 Å². The summed E-state index contributed by atoms with van der Waals surface area (Å²) in [4.78, 5) is 16.9. The predicted octanol–water partition coefficient (Wildman–Crippen LogP) is 2.49. The molecular formula is C24H32N4O6Si. The highest BCUT2D eigenvalue weighted by Crippen LogP contribution is 2.45. The third kappa shape index (κ3) is 4.62. The summed E-state index contributed by atoms with van der Waals surface area (Å²) in [7, 11) is -2.41. The van der Waals surface area contributed by atoms with Crippen LogP contribution in [-0.2, 0) is 9.16 Å². The van der Waals surface area contributed by atoms with Gasteiger partial charge in [0.15, 0.2) is 14.1 Å². The van der Waals surface area contributed by atoms with E-state index in [2.05, 4.69) is 36.2 Å². The van der Waals surface area contributed by atoms with E-state index in [1.54, 1.807) is 36.4 Å². The van der Waals surface area contributed by atoms with Crippen LogP contribution in [0, 0.1) is 0 Å². The van der Waals surface area contributed by atoms with Gasteiger partial charge in [-0.2, -0.15) is 5.10 Å². The van der Waals surface area contributed by atoms with Crippen LogP contribution in [0.5, 0.6) is 0 Å². The number of fused-ring (bicyclic) bond motifs is 1. The number of nitrogens with one attached hydrogen (secondary N) is 1. The molecular weight excluding hydrogens is 468 g/mol. The van der Waals surface area contributed by atoms with Crippen LogP contribution in [0.3, 0.4) is 0 Å². The molecule has 11 heteroatoms. The van der Waals surface area contributed by atoms with Crippen LogP contribution in [0.1, 0.15) is 42.9 Å². The molecule has 10 nitrogen and oxygen atoms in total. The van der Waals surface area contributed by atoms with Crippen molar-refractivity contribution < 1.29 is 29.3 Å².